The Labute approximate surface area is 122 Å². The van der Waals surface area contributed by atoms with Gasteiger partial charge < -0.3 is 5.32 Å². The SMILES string of the molecule is CCNC(c1ccc(CC)cc1)c1ccc(C)nc1C. The second-order valence-electron chi connectivity index (χ2n) is 5.21. The third-order valence-corrected chi connectivity index (χ3v) is 3.71. The Morgan fingerprint density at radius 1 is 1.00 bits per heavy atom. The summed E-state index contributed by atoms with van der Waals surface area (Å²) in [5.74, 6) is 0. The predicted octanol–water partition coefficient (Wildman–Crippen LogP) is 3.96. The average Bonchev–Trinajstić information content (AvgIpc) is 2.46. The molecule has 0 radical (unpaired) electrons. The largest absolute Gasteiger partial charge is 0.306 e. The summed E-state index contributed by atoms with van der Waals surface area (Å²) in [7, 11) is 0. The minimum Gasteiger partial charge on any atom is -0.306 e. The molecule has 2 aromatic rings. The van der Waals surface area contributed by atoms with Crippen molar-refractivity contribution in [3.63, 3.8) is 0 Å². The zero-order valence-corrected chi connectivity index (χ0v) is 12.9. The molecule has 0 spiro atoms. The van der Waals surface area contributed by atoms with Gasteiger partial charge in [-0.15, -0.1) is 0 Å². The van der Waals surface area contributed by atoms with Crippen molar-refractivity contribution in [2.75, 3.05) is 6.54 Å². The van der Waals surface area contributed by atoms with E-state index in [9.17, 15) is 0 Å². The first-order valence-electron chi connectivity index (χ1n) is 7.42. The van der Waals surface area contributed by atoms with Gasteiger partial charge in [0.2, 0.25) is 0 Å². The van der Waals surface area contributed by atoms with Crippen LogP contribution in [0.3, 0.4) is 0 Å². The molecule has 0 aliphatic rings. The lowest BCUT2D eigenvalue weighted by molar-refractivity contribution is 0.624. The Morgan fingerprint density at radius 3 is 2.25 bits per heavy atom. The number of aromatic nitrogens is 1. The highest BCUT2D eigenvalue weighted by atomic mass is 14.9. The second-order valence-corrected chi connectivity index (χ2v) is 5.21. The van der Waals surface area contributed by atoms with Crippen LogP contribution in [0.4, 0.5) is 0 Å². The monoisotopic (exact) mass is 268 g/mol. The third kappa shape index (κ3) is 3.26. The maximum absolute atomic E-state index is 4.60. The number of benzene rings is 1. The fraction of sp³-hybridized carbons (Fsp3) is 0.389. The van der Waals surface area contributed by atoms with Crippen molar-refractivity contribution in [3.8, 4) is 0 Å². The first-order chi connectivity index (χ1) is 9.65. The van der Waals surface area contributed by atoms with E-state index in [0.717, 1.165) is 24.4 Å². The Bertz CT molecular complexity index is 558. The summed E-state index contributed by atoms with van der Waals surface area (Å²) < 4.78 is 0. The summed E-state index contributed by atoms with van der Waals surface area (Å²) in [6, 6.07) is 13.4. The maximum Gasteiger partial charge on any atom is 0.0594 e. The van der Waals surface area contributed by atoms with Gasteiger partial charge in [-0.3, -0.25) is 4.98 Å². The molecule has 0 fully saturated rings. The molecule has 1 N–H and O–H groups in total. The molecule has 2 rings (SSSR count). The van der Waals surface area contributed by atoms with Gasteiger partial charge in [0.25, 0.3) is 0 Å². The van der Waals surface area contributed by atoms with Gasteiger partial charge in [-0.25, -0.2) is 0 Å². The van der Waals surface area contributed by atoms with Crippen molar-refractivity contribution in [1.82, 2.24) is 10.3 Å². The summed E-state index contributed by atoms with van der Waals surface area (Å²) in [4.78, 5) is 4.60. The van der Waals surface area contributed by atoms with E-state index in [4.69, 9.17) is 0 Å². The van der Waals surface area contributed by atoms with Crippen LogP contribution < -0.4 is 5.32 Å². The number of hydrogen-bond donors (Lipinski definition) is 1. The zero-order chi connectivity index (χ0) is 14.5. The lowest BCUT2D eigenvalue weighted by Crippen LogP contribution is -2.23. The van der Waals surface area contributed by atoms with Crippen molar-refractivity contribution in [2.45, 2.75) is 40.2 Å². The number of pyridine rings is 1. The van der Waals surface area contributed by atoms with Crippen molar-refractivity contribution < 1.29 is 0 Å². The van der Waals surface area contributed by atoms with E-state index < -0.39 is 0 Å². The Kier molecular flexibility index (Phi) is 4.91. The molecule has 1 unspecified atom stereocenters. The van der Waals surface area contributed by atoms with Crippen molar-refractivity contribution in [1.29, 1.82) is 0 Å². The number of rotatable bonds is 5. The van der Waals surface area contributed by atoms with Gasteiger partial charge in [0, 0.05) is 11.4 Å². The molecule has 0 saturated heterocycles. The highest BCUT2D eigenvalue weighted by Gasteiger charge is 2.15. The van der Waals surface area contributed by atoms with Gasteiger partial charge in [-0.2, -0.15) is 0 Å². The van der Waals surface area contributed by atoms with Crippen LogP contribution in [0.2, 0.25) is 0 Å². The van der Waals surface area contributed by atoms with Crippen LogP contribution in [-0.2, 0) is 6.42 Å². The Balaban J connectivity index is 2.38. The third-order valence-electron chi connectivity index (χ3n) is 3.71. The molecular weight excluding hydrogens is 244 g/mol. The Morgan fingerprint density at radius 2 is 1.70 bits per heavy atom. The molecule has 1 aromatic carbocycles. The van der Waals surface area contributed by atoms with Crippen LogP contribution in [0.1, 0.15) is 48.0 Å². The predicted molar refractivity (Wildman–Crippen MR) is 85.1 cm³/mol. The summed E-state index contributed by atoms with van der Waals surface area (Å²) in [5.41, 5.74) is 6.13. The molecule has 2 nitrogen and oxygen atoms in total. The van der Waals surface area contributed by atoms with Crippen LogP contribution in [-0.4, -0.2) is 11.5 Å². The zero-order valence-electron chi connectivity index (χ0n) is 12.9. The Hall–Kier alpha value is -1.67. The van der Waals surface area contributed by atoms with Gasteiger partial charge in [-0.1, -0.05) is 44.2 Å². The summed E-state index contributed by atoms with van der Waals surface area (Å²) in [6.07, 6.45) is 1.08. The van der Waals surface area contributed by atoms with Crippen LogP contribution >= 0.6 is 0 Å². The molecule has 1 atom stereocenters. The van der Waals surface area contributed by atoms with Gasteiger partial charge in [0.1, 0.15) is 0 Å². The second kappa shape index (κ2) is 6.67. The lowest BCUT2D eigenvalue weighted by atomic mass is 9.96. The average molecular weight is 268 g/mol. The molecule has 1 aromatic heterocycles. The smallest absolute Gasteiger partial charge is 0.0594 e. The van der Waals surface area contributed by atoms with E-state index in [-0.39, 0.29) is 6.04 Å². The minimum absolute atomic E-state index is 0.221. The molecule has 2 heteroatoms. The molecule has 0 bridgehead atoms. The normalized spacial score (nSPS) is 12.4. The summed E-state index contributed by atoms with van der Waals surface area (Å²) >= 11 is 0. The van der Waals surface area contributed by atoms with Crippen LogP contribution in [0.25, 0.3) is 0 Å². The molecule has 106 valence electrons. The van der Waals surface area contributed by atoms with E-state index in [1.165, 1.54) is 16.7 Å². The molecular formula is C18H24N2. The maximum atomic E-state index is 4.60. The van der Waals surface area contributed by atoms with Crippen molar-refractivity contribution >= 4 is 0 Å². The van der Waals surface area contributed by atoms with Crippen LogP contribution in [0.5, 0.6) is 0 Å². The van der Waals surface area contributed by atoms with Crippen molar-refractivity contribution in [2.24, 2.45) is 0 Å². The van der Waals surface area contributed by atoms with Crippen LogP contribution in [0.15, 0.2) is 36.4 Å². The number of hydrogen-bond acceptors (Lipinski definition) is 2. The van der Waals surface area contributed by atoms with Gasteiger partial charge >= 0.3 is 0 Å². The van der Waals surface area contributed by atoms with E-state index in [1.807, 2.05) is 6.92 Å². The molecule has 0 amide bonds. The van der Waals surface area contributed by atoms with Crippen LogP contribution in [0, 0.1) is 13.8 Å². The summed E-state index contributed by atoms with van der Waals surface area (Å²) in [5, 5.41) is 3.57. The highest BCUT2D eigenvalue weighted by molar-refractivity contribution is 5.36. The highest BCUT2D eigenvalue weighted by Crippen LogP contribution is 2.24. The molecule has 0 aliphatic carbocycles. The number of aryl methyl sites for hydroxylation is 3. The fourth-order valence-electron chi connectivity index (χ4n) is 2.56. The van der Waals surface area contributed by atoms with Gasteiger partial charge in [0.15, 0.2) is 0 Å². The molecule has 0 saturated carbocycles. The number of nitrogens with zero attached hydrogens (tertiary/aromatic N) is 1. The molecule has 0 aliphatic heterocycles. The topological polar surface area (TPSA) is 24.9 Å². The van der Waals surface area contributed by atoms with E-state index in [1.54, 1.807) is 0 Å². The first kappa shape index (κ1) is 14.7. The van der Waals surface area contributed by atoms with E-state index in [0.29, 0.717) is 0 Å². The van der Waals surface area contributed by atoms with Gasteiger partial charge in [-0.05, 0) is 49.6 Å². The van der Waals surface area contributed by atoms with Crippen molar-refractivity contribution in [3.05, 3.63) is 64.5 Å². The van der Waals surface area contributed by atoms with E-state index in [2.05, 4.69) is 67.5 Å². The van der Waals surface area contributed by atoms with Gasteiger partial charge in [0.05, 0.1) is 6.04 Å². The van der Waals surface area contributed by atoms with E-state index >= 15 is 0 Å². The quantitative estimate of drug-likeness (QED) is 0.888. The molecule has 1 heterocycles. The lowest BCUT2D eigenvalue weighted by Gasteiger charge is -2.21. The standard InChI is InChI=1S/C18H24N2/c1-5-15-8-10-16(11-9-15)18(19-6-2)17-12-7-13(3)20-14(17)4/h7-12,18-19H,5-6H2,1-4H3. The molecule has 20 heavy (non-hydrogen) atoms. The first-order valence-corrected chi connectivity index (χ1v) is 7.42. The summed E-state index contributed by atoms with van der Waals surface area (Å²) in [6.45, 7) is 9.39. The number of nitrogens with one attached hydrogen (secondary N) is 1. The fourth-order valence-corrected chi connectivity index (χ4v) is 2.56. The minimum atomic E-state index is 0.221.